The Morgan fingerprint density at radius 3 is 2.80 bits per heavy atom. The van der Waals surface area contributed by atoms with Crippen molar-refractivity contribution >= 4 is 5.97 Å². The lowest BCUT2D eigenvalue weighted by Gasteiger charge is -2.06. The minimum absolute atomic E-state index is 0.264. The summed E-state index contributed by atoms with van der Waals surface area (Å²) in [6.45, 7) is 0.660. The molecular weight excluding hydrogens is 137 g/mol. The third kappa shape index (κ3) is 1.26. The zero-order valence-corrected chi connectivity index (χ0v) is 5.76. The van der Waals surface area contributed by atoms with Crippen LogP contribution in [0.25, 0.3) is 0 Å². The number of ether oxygens (including phenoxy) is 1. The summed E-state index contributed by atoms with van der Waals surface area (Å²) in [6.07, 6.45) is -1.08. The summed E-state index contributed by atoms with van der Waals surface area (Å²) in [6, 6.07) is 0. The molecule has 1 fully saturated rings. The normalized spacial score (nSPS) is 32.2. The van der Waals surface area contributed by atoms with Crippen molar-refractivity contribution in [2.75, 3.05) is 20.2 Å². The van der Waals surface area contributed by atoms with Gasteiger partial charge in [0.2, 0.25) is 0 Å². The van der Waals surface area contributed by atoms with Gasteiger partial charge in [-0.05, 0) is 0 Å². The number of methoxy groups -OCH3 is 1. The number of esters is 1. The van der Waals surface area contributed by atoms with E-state index in [4.69, 9.17) is 0 Å². The van der Waals surface area contributed by atoms with Crippen LogP contribution in [0.3, 0.4) is 0 Å². The quantitative estimate of drug-likeness (QED) is 0.518. The maximum absolute atomic E-state index is 12.7. The second-order valence-electron chi connectivity index (χ2n) is 2.30. The summed E-state index contributed by atoms with van der Waals surface area (Å²) in [7, 11) is 1.27. The maximum Gasteiger partial charge on any atom is 0.312 e. The van der Waals surface area contributed by atoms with E-state index in [0.717, 1.165) is 0 Å². The van der Waals surface area contributed by atoms with Gasteiger partial charge in [0, 0.05) is 13.1 Å². The molecule has 0 aromatic heterocycles. The number of carbonyl (C=O) groups is 1. The zero-order chi connectivity index (χ0) is 7.56. The Kier molecular flexibility index (Phi) is 2.21. The molecule has 1 saturated heterocycles. The number of nitrogens with one attached hydrogen (secondary N) is 1. The average Bonchev–Trinajstić information content (AvgIpc) is 2.34. The van der Waals surface area contributed by atoms with E-state index in [9.17, 15) is 9.18 Å². The van der Waals surface area contributed by atoms with Gasteiger partial charge in [0.15, 0.2) is 0 Å². The molecular formula is C6H10FNO2. The van der Waals surface area contributed by atoms with E-state index in [1.165, 1.54) is 7.11 Å². The lowest BCUT2D eigenvalue weighted by atomic mass is 10.1. The lowest BCUT2D eigenvalue weighted by molar-refractivity contribution is -0.146. The molecule has 1 heterocycles. The minimum Gasteiger partial charge on any atom is -0.469 e. The van der Waals surface area contributed by atoms with E-state index in [0.29, 0.717) is 6.54 Å². The number of alkyl halides is 1. The van der Waals surface area contributed by atoms with Crippen molar-refractivity contribution in [3.63, 3.8) is 0 Å². The maximum atomic E-state index is 12.7. The molecule has 10 heavy (non-hydrogen) atoms. The third-order valence-electron chi connectivity index (χ3n) is 1.64. The molecule has 3 nitrogen and oxygen atoms in total. The van der Waals surface area contributed by atoms with Crippen molar-refractivity contribution in [3.8, 4) is 0 Å². The molecule has 0 radical (unpaired) electrons. The first-order valence-corrected chi connectivity index (χ1v) is 3.18. The van der Waals surface area contributed by atoms with Crippen molar-refractivity contribution in [3.05, 3.63) is 0 Å². The van der Waals surface area contributed by atoms with Gasteiger partial charge in [0.05, 0.1) is 7.11 Å². The number of carbonyl (C=O) groups excluding carboxylic acids is 1. The lowest BCUT2D eigenvalue weighted by Crippen LogP contribution is -2.24. The van der Waals surface area contributed by atoms with Crippen LogP contribution < -0.4 is 5.32 Å². The number of rotatable bonds is 1. The predicted molar refractivity (Wildman–Crippen MR) is 33.3 cm³/mol. The molecule has 1 rings (SSSR count). The predicted octanol–water partition coefficient (Wildman–Crippen LogP) is -0.283. The summed E-state index contributed by atoms with van der Waals surface area (Å²) in [5.74, 6) is -1.05. The van der Waals surface area contributed by atoms with Crippen LogP contribution in [0.5, 0.6) is 0 Å². The fourth-order valence-electron chi connectivity index (χ4n) is 1.03. The van der Waals surface area contributed by atoms with Crippen molar-refractivity contribution < 1.29 is 13.9 Å². The molecule has 0 bridgehead atoms. The molecule has 1 N–H and O–H groups in total. The Balaban J connectivity index is 2.46. The first-order valence-electron chi connectivity index (χ1n) is 3.18. The highest BCUT2D eigenvalue weighted by Gasteiger charge is 2.33. The summed E-state index contributed by atoms with van der Waals surface area (Å²) in [5.41, 5.74) is 0. The highest BCUT2D eigenvalue weighted by Crippen LogP contribution is 2.13. The third-order valence-corrected chi connectivity index (χ3v) is 1.64. The van der Waals surface area contributed by atoms with Crippen molar-refractivity contribution in [2.45, 2.75) is 6.17 Å². The molecule has 0 amide bonds. The Hall–Kier alpha value is -0.640. The Labute approximate surface area is 58.5 Å². The van der Waals surface area contributed by atoms with Crippen LogP contribution >= 0.6 is 0 Å². The first-order chi connectivity index (χ1) is 4.75. The summed E-state index contributed by atoms with van der Waals surface area (Å²) >= 11 is 0. The summed E-state index contributed by atoms with van der Waals surface area (Å²) in [5, 5.41) is 2.76. The van der Waals surface area contributed by atoms with Gasteiger partial charge in [0.1, 0.15) is 12.1 Å². The second kappa shape index (κ2) is 2.96. The van der Waals surface area contributed by atoms with Crippen molar-refractivity contribution in [1.82, 2.24) is 5.32 Å². The fourth-order valence-corrected chi connectivity index (χ4v) is 1.03. The Bertz CT molecular complexity index is 140. The minimum atomic E-state index is -1.08. The highest BCUT2D eigenvalue weighted by atomic mass is 19.1. The van der Waals surface area contributed by atoms with Crippen molar-refractivity contribution in [1.29, 1.82) is 0 Å². The number of hydrogen-bond donors (Lipinski definition) is 1. The molecule has 0 aromatic rings. The fraction of sp³-hybridized carbons (Fsp3) is 0.833. The number of halogens is 1. The van der Waals surface area contributed by atoms with E-state index in [1.807, 2.05) is 0 Å². The molecule has 1 aliphatic heterocycles. The summed E-state index contributed by atoms with van der Waals surface area (Å²) < 4.78 is 17.0. The standard InChI is InChI=1S/C6H10FNO2/c1-10-6(9)4-2-8-3-5(4)7/h4-5,8H,2-3H2,1H3/t4-,5+/m0/s1. The molecule has 58 valence electrons. The van der Waals surface area contributed by atoms with E-state index >= 15 is 0 Å². The smallest absolute Gasteiger partial charge is 0.312 e. The first kappa shape index (κ1) is 7.47. The van der Waals surface area contributed by atoms with Crippen LogP contribution in [0.15, 0.2) is 0 Å². The zero-order valence-electron chi connectivity index (χ0n) is 5.76. The highest BCUT2D eigenvalue weighted by molar-refractivity contribution is 5.73. The molecule has 0 aromatic carbocycles. The van der Waals surface area contributed by atoms with Crippen LogP contribution in [0.1, 0.15) is 0 Å². The van der Waals surface area contributed by atoms with Gasteiger partial charge in [-0.2, -0.15) is 0 Å². The van der Waals surface area contributed by atoms with Crippen LogP contribution in [-0.4, -0.2) is 32.3 Å². The van der Waals surface area contributed by atoms with Gasteiger partial charge in [-0.1, -0.05) is 0 Å². The molecule has 0 unspecified atom stereocenters. The monoisotopic (exact) mass is 147 g/mol. The molecule has 4 heteroatoms. The Morgan fingerprint density at radius 1 is 1.70 bits per heavy atom. The van der Waals surface area contributed by atoms with E-state index < -0.39 is 18.1 Å². The van der Waals surface area contributed by atoms with Gasteiger partial charge in [-0.25, -0.2) is 4.39 Å². The molecule has 0 saturated carbocycles. The van der Waals surface area contributed by atoms with Gasteiger partial charge < -0.3 is 10.1 Å². The molecule has 2 atom stereocenters. The van der Waals surface area contributed by atoms with Gasteiger partial charge in [-0.15, -0.1) is 0 Å². The van der Waals surface area contributed by atoms with E-state index in [1.54, 1.807) is 0 Å². The number of hydrogen-bond acceptors (Lipinski definition) is 3. The van der Waals surface area contributed by atoms with Crippen LogP contribution in [0, 0.1) is 5.92 Å². The van der Waals surface area contributed by atoms with Gasteiger partial charge >= 0.3 is 5.97 Å². The largest absolute Gasteiger partial charge is 0.469 e. The topological polar surface area (TPSA) is 38.3 Å². The van der Waals surface area contributed by atoms with E-state index in [2.05, 4.69) is 10.1 Å². The van der Waals surface area contributed by atoms with Crippen LogP contribution in [0.2, 0.25) is 0 Å². The molecule has 0 spiro atoms. The van der Waals surface area contributed by atoms with Crippen LogP contribution in [0.4, 0.5) is 4.39 Å². The molecule has 1 aliphatic rings. The average molecular weight is 147 g/mol. The van der Waals surface area contributed by atoms with Crippen molar-refractivity contribution in [2.24, 2.45) is 5.92 Å². The SMILES string of the molecule is COC(=O)[C@H]1CNC[C@H]1F. The van der Waals surface area contributed by atoms with Crippen LogP contribution in [-0.2, 0) is 9.53 Å². The molecule has 0 aliphatic carbocycles. The summed E-state index contributed by atoms with van der Waals surface area (Å²) in [4.78, 5) is 10.7. The van der Waals surface area contributed by atoms with Gasteiger partial charge in [0.25, 0.3) is 0 Å². The Morgan fingerprint density at radius 2 is 2.40 bits per heavy atom. The van der Waals surface area contributed by atoms with E-state index in [-0.39, 0.29) is 6.54 Å². The van der Waals surface area contributed by atoms with Gasteiger partial charge in [-0.3, -0.25) is 4.79 Å². The second-order valence-corrected chi connectivity index (χ2v) is 2.30.